The van der Waals surface area contributed by atoms with Crippen LogP contribution in [0.15, 0.2) is 84.3 Å². The smallest absolute Gasteiger partial charge is 0.340 e. The molecule has 0 saturated heterocycles. The molecular formula is C28H25N5O2S. The molecule has 0 N–H and O–H groups in total. The number of rotatable bonds is 8. The largest absolute Gasteiger partial charge is 0.462 e. The quantitative estimate of drug-likeness (QED) is 0.201. The lowest BCUT2D eigenvalue weighted by Crippen LogP contribution is -2.12. The van der Waals surface area contributed by atoms with Crippen molar-refractivity contribution in [3.8, 4) is 11.4 Å². The summed E-state index contributed by atoms with van der Waals surface area (Å²) in [6.07, 6.45) is 3.52. The number of aryl methyl sites for hydroxylation is 1. The Balaban J connectivity index is 1.53. The number of hydrogen-bond acceptors (Lipinski definition) is 7. The monoisotopic (exact) mass is 495 g/mol. The summed E-state index contributed by atoms with van der Waals surface area (Å²) in [7, 11) is 0. The highest BCUT2D eigenvalue weighted by Crippen LogP contribution is 2.30. The molecule has 0 amide bonds. The molecule has 0 atom stereocenters. The Morgan fingerprint density at radius 3 is 2.58 bits per heavy atom. The normalized spacial score (nSPS) is 11.1. The van der Waals surface area contributed by atoms with Crippen LogP contribution in [-0.4, -0.2) is 37.3 Å². The minimum absolute atomic E-state index is 0.303. The van der Waals surface area contributed by atoms with Crippen molar-refractivity contribution in [3.63, 3.8) is 0 Å². The summed E-state index contributed by atoms with van der Waals surface area (Å²) in [5, 5.41) is 10.7. The van der Waals surface area contributed by atoms with Gasteiger partial charge in [0.1, 0.15) is 0 Å². The predicted octanol–water partition coefficient (Wildman–Crippen LogP) is 5.71. The number of pyridine rings is 2. The van der Waals surface area contributed by atoms with E-state index in [2.05, 4.69) is 31.9 Å². The minimum Gasteiger partial charge on any atom is -0.462 e. The van der Waals surface area contributed by atoms with Crippen molar-refractivity contribution < 1.29 is 9.53 Å². The molecule has 5 rings (SSSR count). The molecule has 0 unspecified atom stereocenters. The molecule has 0 aliphatic rings. The Hall–Kier alpha value is -4.04. The number of hydrogen-bond donors (Lipinski definition) is 0. The second-order valence-corrected chi connectivity index (χ2v) is 9.15. The Morgan fingerprint density at radius 2 is 1.81 bits per heavy atom. The summed E-state index contributed by atoms with van der Waals surface area (Å²) in [4.78, 5) is 22.0. The first-order valence-electron chi connectivity index (χ1n) is 11.7. The number of benzene rings is 2. The zero-order valence-electron chi connectivity index (χ0n) is 20.1. The molecule has 5 aromatic rings. The van der Waals surface area contributed by atoms with Gasteiger partial charge < -0.3 is 4.74 Å². The van der Waals surface area contributed by atoms with Crippen LogP contribution < -0.4 is 0 Å². The van der Waals surface area contributed by atoms with Gasteiger partial charge in [-0.15, -0.1) is 10.2 Å². The van der Waals surface area contributed by atoms with Crippen molar-refractivity contribution in [2.24, 2.45) is 0 Å². The van der Waals surface area contributed by atoms with Crippen molar-refractivity contribution in [2.75, 3.05) is 6.61 Å². The fraction of sp³-hybridized carbons (Fsp3) is 0.179. The van der Waals surface area contributed by atoms with Crippen LogP contribution in [0.2, 0.25) is 0 Å². The molecule has 7 nitrogen and oxygen atoms in total. The number of carbonyl (C=O) groups excluding carboxylic acids is 1. The number of para-hydroxylation sites is 1. The molecule has 36 heavy (non-hydrogen) atoms. The summed E-state index contributed by atoms with van der Waals surface area (Å²) >= 11 is 1.50. The van der Waals surface area contributed by atoms with Crippen LogP contribution in [0.5, 0.6) is 0 Å². The number of thioether (sulfide) groups is 1. The van der Waals surface area contributed by atoms with Gasteiger partial charge in [-0.3, -0.25) is 14.5 Å². The first-order chi connectivity index (χ1) is 17.7. The average Bonchev–Trinajstić information content (AvgIpc) is 3.31. The van der Waals surface area contributed by atoms with E-state index in [0.717, 1.165) is 38.6 Å². The van der Waals surface area contributed by atoms with Crippen LogP contribution in [0.1, 0.15) is 34.1 Å². The van der Waals surface area contributed by atoms with E-state index < -0.39 is 0 Å². The van der Waals surface area contributed by atoms with Gasteiger partial charge in [-0.25, -0.2) is 4.79 Å². The van der Waals surface area contributed by atoms with Gasteiger partial charge >= 0.3 is 5.97 Å². The Labute approximate surface area is 213 Å². The van der Waals surface area contributed by atoms with Crippen molar-refractivity contribution in [1.82, 2.24) is 24.7 Å². The third kappa shape index (κ3) is 4.85. The number of fused-ring (bicyclic) bond motifs is 1. The maximum atomic E-state index is 12.9. The molecule has 3 heterocycles. The number of carbonyl (C=O) groups is 1. The SMILES string of the molecule is CCOC(=O)c1c(CSc2nnc(-c3cccnc3)n2Cc2ccccc2)nc2ccccc2c1C. The van der Waals surface area contributed by atoms with Crippen LogP contribution in [0.25, 0.3) is 22.3 Å². The van der Waals surface area contributed by atoms with E-state index in [-0.39, 0.29) is 5.97 Å². The van der Waals surface area contributed by atoms with Crippen LogP contribution in [0.3, 0.4) is 0 Å². The maximum absolute atomic E-state index is 12.9. The molecule has 2 aromatic carbocycles. The van der Waals surface area contributed by atoms with E-state index in [4.69, 9.17) is 9.72 Å². The van der Waals surface area contributed by atoms with Crippen LogP contribution >= 0.6 is 11.8 Å². The molecular weight excluding hydrogens is 470 g/mol. The standard InChI is InChI=1S/C28H25N5O2S/c1-3-35-27(34)25-19(2)22-13-7-8-14-23(22)30-24(25)18-36-28-32-31-26(21-12-9-15-29-16-21)33(28)17-20-10-5-4-6-11-20/h4-16H,3,17-18H2,1-2H3. The second-order valence-electron chi connectivity index (χ2n) is 8.20. The van der Waals surface area contributed by atoms with Crippen LogP contribution in [0.4, 0.5) is 0 Å². The van der Waals surface area contributed by atoms with Gasteiger partial charge in [-0.1, -0.05) is 60.3 Å². The van der Waals surface area contributed by atoms with E-state index in [0.29, 0.717) is 30.2 Å². The lowest BCUT2D eigenvalue weighted by atomic mass is 10.0. The maximum Gasteiger partial charge on any atom is 0.340 e. The minimum atomic E-state index is -0.356. The predicted molar refractivity (Wildman–Crippen MR) is 141 cm³/mol. The second kappa shape index (κ2) is 10.7. The van der Waals surface area contributed by atoms with Crippen molar-refractivity contribution >= 4 is 28.6 Å². The third-order valence-electron chi connectivity index (χ3n) is 5.86. The number of ether oxygens (including phenoxy) is 1. The molecule has 0 radical (unpaired) electrons. The van der Waals surface area contributed by atoms with Gasteiger partial charge in [0.15, 0.2) is 11.0 Å². The van der Waals surface area contributed by atoms with Gasteiger partial charge in [0.25, 0.3) is 0 Å². The Kier molecular flexibility index (Phi) is 7.04. The Morgan fingerprint density at radius 1 is 1.00 bits per heavy atom. The van der Waals surface area contributed by atoms with Gasteiger partial charge in [0.05, 0.1) is 29.9 Å². The summed E-state index contributed by atoms with van der Waals surface area (Å²) in [6, 6.07) is 21.9. The molecule has 0 fully saturated rings. The summed E-state index contributed by atoms with van der Waals surface area (Å²) in [5.41, 5.74) is 4.93. The molecule has 0 bridgehead atoms. The average molecular weight is 496 g/mol. The van der Waals surface area contributed by atoms with Gasteiger partial charge in [0.2, 0.25) is 0 Å². The molecule has 180 valence electrons. The summed E-state index contributed by atoms with van der Waals surface area (Å²) in [5.74, 6) is 0.827. The van der Waals surface area contributed by atoms with E-state index in [1.54, 1.807) is 12.4 Å². The van der Waals surface area contributed by atoms with Gasteiger partial charge in [-0.2, -0.15) is 0 Å². The fourth-order valence-corrected chi connectivity index (χ4v) is 5.04. The van der Waals surface area contributed by atoms with E-state index in [1.807, 2.05) is 68.4 Å². The highest BCUT2D eigenvalue weighted by molar-refractivity contribution is 7.98. The van der Waals surface area contributed by atoms with Crippen molar-refractivity contribution in [2.45, 2.75) is 31.3 Å². The molecule has 3 aromatic heterocycles. The topological polar surface area (TPSA) is 82.8 Å². The highest BCUT2D eigenvalue weighted by atomic mass is 32.2. The summed E-state index contributed by atoms with van der Waals surface area (Å²) < 4.78 is 7.47. The molecule has 0 aliphatic heterocycles. The molecule has 0 spiro atoms. The third-order valence-corrected chi connectivity index (χ3v) is 6.84. The van der Waals surface area contributed by atoms with E-state index in [9.17, 15) is 4.79 Å². The molecule has 0 saturated carbocycles. The first-order valence-corrected chi connectivity index (χ1v) is 12.7. The summed E-state index contributed by atoms with van der Waals surface area (Å²) in [6.45, 7) is 4.66. The fourth-order valence-electron chi connectivity index (χ4n) is 4.16. The number of aromatic nitrogens is 5. The number of esters is 1. The number of nitrogens with zero attached hydrogens (tertiary/aromatic N) is 5. The first kappa shape index (κ1) is 23.7. The van der Waals surface area contributed by atoms with Crippen LogP contribution in [0, 0.1) is 6.92 Å². The van der Waals surface area contributed by atoms with E-state index >= 15 is 0 Å². The van der Waals surface area contributed by atoms with Gasteiger partial charge in [0, 0.05) is 29.1 Å². The van der Waals surface area contributed by atoms with Crippen molar-refractivity contribution in [3.05, 3.63) is 102 Å². The van der Waals surface area contributed by atoms with Crippen molar-refractivity contribution in [1.29, 1.82) is 0 Å². The molecule has 0 aliphatic carbocycles. The Bertz CT molecular complexity index is 1500. The lowest BCUT2D eigenvalue weighted by Gasteiger charge is -2.14. The van der Waals surface area contributed by atoms with Gasteiger partial charge in [-0.05, 0) is 43.2 Å². The zero-order valence-corrected chi connectivity index (χ0v) is 20.9. The lowest BCUT2D eigenvalue weighted by molar-refractivity contribution is 0.0524. The highest BCUT2D eigenvalue weighted by Gasteiger charge is 2.22. The zero-order chi connectivity index (χ0) is 24.9. The molecule has 8 heteroatoms. The van der Waals surface area contributed by atoms with Crippen LogP contribution in [-0.2, 0) is 17.0 Å². The van der Waals surface area contributed by atoms with E-state index in [1.165, 1.54) is 11.8 Å².